The summed E-state index contributed by atoms with van der Waals surface area (Å²) in [7, 11) is 0. The number of benzene rings is 1. The molecule has 1 amide bonds. The number of para-hydroxylation sites is 1. The molecule has 3 aromatic heterocycles. The number of amides is 1. The Hall–Kier alpha value is -3.41. The lowest BCUT2D eigenvalue weighted by atomic mass is 10.1. The number of nitrogens with one attached hydrogen (secondary N) is 2. The summed E-state index contributed by atoms with van der Waals surface area (Å²) in [5.74, 6) is -0.182. The van der Waals surface area contributed by atoms with E-state index in [2.05, 4.69) is 43.3 Å². The third kappa shape index (κ3) is 3.60. The Morgan fingerprint density at radius 3 is 2.81 bits per heavy atom. The zero-order valence-electron chi connectivity index (χ0n) is 15.1. The molecule has 0 radical (unpaired) electrons. The van der Waals surface area contributed by atoms with Crippen LogP contribution in [0.1, 0.15) is 41.1 Å². The number of aromatic amines is 1. The van der Waals surface area contributed by atoms with Crippen molar-refractivity contribution in [2.75, 3.05) is 0 Å². The average molecular weight is 359 g/mol. The molecule has 136 valence electrons. The highest BCUT2D eigenvalue weighted by Crippen LogP contribution is 2.18. The van der Waals surface area contributed by atoms with Gasteiger partial charge in [0.15, 0.2) is 0 Å². The van der Waals surface area contributed by atoms with E-state index in [4.69, 9.17) is 0 Å². The Morgan fingerprint density at radius 1 is 1.19 bits per heavy atom. The number of H-pyrrole nitrogens is 1. The minimum absolute atomic E-state index is 0.0611. The molecule has 0 saturated heterocycles. The summed E-state index contributed by atoms with van der Waals surface area (Å²) < 4.78 is 2.14. The predicted molar refractivity (Wildman–Crippen MR) is 104 cm³/mol. The maximum atomic E-state index is 12.6. The lowest BCUT2D eigenvalue weighted by molar-refractivity contribution is 0.0930. The first kappa shape index (κ1) is 17.0. The fourth-order valence-corrected chi connectivity index (χ4v) is 3.27. The topological polar surface area (TPSA) is 75.6 Å². The molecule has 0 bridgehead atoms. The van der Waals surface area contributed by atoms with Gasteiger partial charge < -0.3 is 9.88 Å². The van der Waals surface area contributed by atoms with Crippen LogP contribution in [-0.4, -0.2) is 25.7 Å². The Kier molecular flexibility index (Phi) is 4.70. The highest BCUT2D eigenvalue weighted by atomic mass is 16.2. The van der Waals surface area contributed by atoms with Crippen molar-refractivity contribution in [1.29, 1.82) is 0 Å². The third-order valence-electron chi connectivity index (χ3n) is 4.71. The number of nitrogens with zero attached hydrogens (tertiary/aromatic N) is 3. The van der Waals surface area contributed by atoms with Gasteiger partial charge in [-0.1, -0.05) is 25.1 Å². The molecule has 0 aliphatic rings. The Bertz CT molecular complexity index is 1050. The van der Waals surface area contributed by atoms with Crippen molar-refractivity contribution in [2.45, 2.75) is 25.9 Å². The van der Waals surface area contributed by atoms with Crippen LogP contribution in [0.25, 0.3) is 10.9 Å². The number of hydrogen-bond donors (Lipinski definition) is 2. The summed E-state index contributed by atoms with van der Waals surface area (Å²) in [4.78, 5) is 16.6. The van der Waals surface area contributed by atoms with Crippen molar-refractivity contribution in [3.8, 4) is 0 Å². The minimum Gasteiger partial charge on any atom is -0.344 e. The van der Waals surface area contributed by atoms with Crippen LogP contribution in [0.4, 0.5) is 0 Å². The van der Waals surface area contributed by atoms with Crippen LogP contribution in [0, 0.1) is 0 Å². The van der Waals surface area contributed by atoms with Gasteiger partial charge in [-0.25, -0.2) is 0 Å². The molecule has 1 atom stereocenters. The van der Waals surface area contributed by atoms with Crippen LogP contribution in [0.15, 0.2) is 67.1 Å². The van der Waals surface area contributed by atoms with Gasteiger partial charge in [-0.2, -0.15) is 5.10 Å². The van der Waals surface area contributed by atoms with Gasteiger partial charge in [-0.05, 0) is 47.7 Å². The lowest BCUT2D eigenvalue weighted by Gasteiger charge is -2.16. The van der Waals surface area contributed by atoms with E-state index < -0.39 is 0 Å². The maximum Gasteiger partial charge on any atom is 0.272 e. The van der Waals surface area contributed by atoms with E-state index in [1.54, 1.807) is 12.4 Å². The molecule has 0 spiro atoms. The van der Waals surface area contributed by atoms with Gasteiger partial charge in [0.2, 0.25) is 0 Å². The van der Waals surface area contributed by atoms with Crippen molar-refractivity contribution >= 4 is 16.8 Å². The van der Waals surface area contributed by atoms with Crippen molar-refractivity contribution in [3.63, 3.8) is 0 Å². The van der Waals surface area contributed by atoms with Gasteiger partial charge in [0.25, 0.3) is 5.91 Å². The van der Waals surface area contributed by atoms with Crippen LogP contribution >= 0.6 is 0 Å². The minimum atomic E-state index is -0.182. The van der Waals surface area contributed by atoms with E-state index in [1.165, 1.54) is 5.39 Å². The maximum absolute atomic E-state index is 12.6. The normalized spacial score (nSPS) is 12.2. The Morgan fingerprint density at radius 2 is 2.00 bits per heavy atom. The van der Waals surface area contributed by atoms with Crippen molar-refractivity contribution in [2.24, 2.45) is 0 Å². The third-order valence-corrected chi connectivity index (χ3v) is 4.71. The highest BCUT2D eigenvalue weighted by Gasteiger charge is 2.16. The van der Waals surface area contributed by atoms with E-state index in [0.717, 1.165) is 23.2 Å². The SMILES string of the molecule is CC[C@H](NC(=O)c1cc(Cn2ccc3ccccc32)[nH]n1)c1ccncc1. The number of carbonyl (C=O) groups excluding carboxylic acids is 1. The summed E-state index contributed by atoms with van der Waals surface area (Å²) in [6.07, 6.45) is 6.31. The molecule has 0 aliphatic carbocycles. The molecule has 0 aliphatic heterocycles. The van der Waals surface area contributed by atoms with Gasteiger partial charge in [0, 0.05) is 24.1 Å². The largest absolute Gasteiger partial charge is 0.344 e. The van der Waals surface area contributed by atoms with Crippen LogP contribution < -0.4 is 5.32 Å². The molecule has 27 heavy (non-hydrogen) atoms. The molecule has 6 nitrogen and oxygen atoms in total. The van der Waals surface area contributed by atoms with Crippen LogP contribution in [0.2, 0.25) is 0 Å². The molecule has 4 rings (SSSR count). The van der Waals surface area contributed by atoms with Crippen LogP contribution in [-0.2, 0) is 6.54 Å². The van der Waals surface area contributed by atoms with Gasteiger partial charge in [0.05, 0.1) is 18.3 Å². The van der Waals surface area contributed by atoms with E-state index in [9.17, 15) is 4.79 Å². The lowest BCUT2D eigenvalue weighted by Crippen LogP contribution is -2.28. The first-order valence-corrected chi connectivity index (χ1v) is 9.03. The molecule has 2 N–H and O–H groups in total. The smallest absolute Gasteiger partial charge is 0.272 e. The number of fused-ring (bicyclic) bond motifs is 1. The molecule has 1 aromatic carbocycles. The van der Waals surface area contributed by atoms with Crippen molar-refractivity contribution in [1.82, 2.24) is 25.1 Å². The Balaban J connectivity index is 1.48. The van der Waals surface area contributed by atoms with Gasteiger partial charge in [-0.15, -0.1) is 0 Å². The molecule has 6 heteroatoms. The van der Waals surface area contributed by atoms with Gasteiger partial charge >= 0.3 is 0 Å². The Labute approximate surface area is 157 Å². The summed E-state index contributed by atoms with van der Waals surface area (Å²) in [5.41, 5.74) is 3.48. The highest BCUT2D eigenvalue weighted by molar-refractivity contribution is 5.92. The first-order chi connectivity index (χ1) is 13.2. The number of hydrogen-bond acceptors (Lipinski definition) is 3. The number of rotatable bonds is 6. The second-order valence-corrected chi connectivity index (χ2v) is 6.50. The number of carbonyl (C=O) groups is 1. The summed E-state index contributed by atoms with van der Waals surface area (Å²) >= 11 is 0. The zero-order chi connectivity index (χ0) is 18.6. The fraction of sp³-hybridized carbons (Fsp3) is 0.190. The second-order valence-electron chi connectivity index (χ2n) is 6.50. The molecular weight excluding hydrogens is 338 g/mol. The zero-order valence-corrected chi connectivity index (χ0v) is 15.1. The van der Waals surface area contributed by atoms with Gasteiger partial charge in [0.1, 0.15) is 5.69 Å². The van der Waals surface area contributed by atoms with E-state index in [1.807, 2.05) is 43.5 Å². The quantitative estimate of drug-likeness (QED) is 0.551. The monoisotopic (exact) mass is 359 g/mol. The van der Waals surface area contributed by atoms with Crippen molar-refractivity contribution in [3.05, 3.63) is 84.1 Å². The fourth-order valence-electron chi connectivity index (χ4n) is 3.27. The first-order valence-electron chi connectivity index (χ1n) is 9.03. The average Bonchev–Trinajstić information content (AvgIpc) is 3.35. The van der Waals surface area contributed by atoms with Crippen molar-refractivity contribution < 1.29 is 4.79 Å². The predicted octanol–water partition coefficient (Wildman–Crippen LogP) is 3.69. The molecular formula is C21H21N5O. The molecule has 0 unspecified atom stereocenters. The number of pyridine rings is 1. The molecule has 4 aromatic rings. The number of aromatic nitrogens is 4. The second kappa shape index (κ2) is 7.45. The standard InChI is InChI=1S/C21H21N5O/c1-2-18(15-7-10-22-11-8-15)23-21(27)19-13-17(24-25-19)14-26-12-9-16-5-3-4-6-20(16)26/h3-13,18H,2,14H2,1H3,(H,23,27)(H,24,25)/t18-/m0/s1. The summed E-state index contributed by atoms with van der Waals surface area (Å²) in [5, 5.41) is 11.4. The van der Waals surface area contributed by atoms with E-state index >= 15 is 0 Å². The van der Waals surface area contributed by atoms with Crippen LogP contribution in [0.3, 0.4) is 0 Å². The summed E-state index contributed by atoms with van der Waals surface area (Å²) in [6.45, 7) is 2.67. The van der Waals surface area contributed by atoms with Crippen LogP contribution in [0.5, 0.6) is 0 Å². The van der Waals surface area contributed by atoms with Gasteiger partial charge in [-0.3, -0.25) is 14.9 Å². The molecule has 0 saturated carbocycles. The summed E-state index contributed by atoms with van der Waals surface area (Å²) in [6, 6.07) is 15.9. The molecule has 3 heterocycles. The van der Waals surface area contributed by atoms with E-state index in [-0.39, 0.29) is 11.9 Å². The molecule has 0 fully saturated rings. The van der Waals surface area contributed by atoms with E-state index in [0.29, 0.717) is 12.2 Å².